The molecule has 0 amide bonds. The van der Waals surface area contributed by atoms with Crippen molar-refractivity contribution in [1.82, 2.24) is 15.5 Å². The number of rotatable bonds is 3. The van der Waals surface area contributed by atoms with Gasteiger partial charge in [0, 0.05) is 12.8 Å². The number of hydrogen-bond donors (Lipinski definition) is 2. The standard InChI is InChI=1S/C9H15N3O4S/c1-5(17(2,14)15)8-11-9(16-12-8)7-3-6(13)4-10-7/h5-7,10,13H,3-4H2,1-2H3/t5?,6?,7-/m0/s1. The quantitative estimate of drug-likeness (QED) is 0.760. The second-order valence-electron chi connectivity index (χ2n) is 4.31. The van der Waals surface area contributed by atoms with E-state index in [2.05, 4.69) is 15.5 Å². The van der Waals surface area contributed by atoms with Crippen molar-refractivity contribution in [3.05, 3.63) is 11.7 Å². The van der Waals surface area contributed by atoms with Gasteiger partial charge in [0.2, 0.25) is 5.89 Å². The van der Waals surface area contributed by atoms with Gasteiger partial charge in [-0.25, -0.2) is 8.42 Å². The molecule has 0 aromatic carbocycles. The molecule has 2 N–H and O–H groups in total. The molecule has 0 saturated carbocycles. The van der Waals surface area contributed by atoms with Crippen LogP contribution in [-0.2, 0) is 9.84 Å². The van der Waals surface area contributed by atoms with Crippen LogP contribution in [0.5, 0.6) is 0 Å². The van der Waals surface area contributed by atoms with Crippen LogP contribution in [0.25, 0.3) is 0 Å². The molecule has 17 heavy (non-hydrogen) atoms. The Morgan fingerprint density at radius 2 is 2.29 bits per heavy atom. The second-order valence-corrected chi connectivity index (χ2v) is 6.68. The van der Waals surface area contributed by atoms with Crippen molar-refractivity contribution in [2.45, 2.75) is 30.7 Å². The van der Waals surface area contributed by atoms with Crippen molar-refractivity contribution in [2.75, 3.05) is 12.8 Å². The maximum Gasteiger partial charge on any atom is 0.243 e. The summed E-state index contributed by atoms with van der Waals surface area (Å²) in [5, 5.41) is 15.3. The molecule has 96 valence electrons. The highest BCUT2D eigenvalue weighted by Gasteiger charge is 2.30. The van der Waals surface area contributed by atoms with Gasteiger partial charge in [0.15, 0.2) is 15.7 Å². The van der Waals surface area contributed by atoms with Gasteiger partial charge in [-0.15, -0.1) is 0 Å². The Labute approximate surface area is 99.1 Å². The van der Waals surface area contributed by atoms with Gasteiger partial charge in [-0.1, -0.05) is 5.16 Å². The zero-order valence-corrected chi connectivity index (χ0v) is 10.4. The smallest absolute Gasteiger partial charge is 0.243 e. The number of nitrogens with zero attached hydrogens (tertiary/aromatic N) is 2. The van der Waals surface area contributed by atoms with E-state index in [4.69, 9.17) is 4.52 Å². The van der Waals surface area contributed by atoms with Gasteiger partial charge in [-0.2, -0.15) is 4.98 Å². The third-order valence-electron chi connectivity index (χ3n) is 2.87. The van der Waals surface area contributed by atoms with E-state index in [0.29, 0.717) is 18.9 Å². The van der Waals surface area contributed by atoms with Crippen LogP contribution in [0.1, 0.15) is 36.4 Å². The Hall–Kier alpha value is -0.990. The molecule has 8 heteroatoms. The summed E-state index contributed by atoms with van der Waals surface area (Å²) in [5.41, 5.74) is 0. The van der Waals surface area contributed by atoms with Crippen LogP contribution < -0.4 is 5.32 Å². The molecule has 1 aliphatic heterocycles. The number of aliphatic hydroxyl groups excluding tert-OH is 1. The lowest BCUT2D eigenvalue weighted by molar-refractivity contribution is 0.191. The van der Waals surface area contributed by atoms with Crippen molar-refractivity contribution in [3.63, 3.8) is 0 Å². The Morgan fingerprint density at radius 3 is 2.82 bits per heavy atom. The summed E-state index contributed by atoms with van der Waals surface area (Å²) in [6, 6.07) is -0.196. The van der Waals surface area contributed by atoms with E-state index < -0.39 is 21.2 Å². The molecule has 0 spiro atoms. The van der Waals surface area contributed by atoms with E-state index in [9.17, 15) is 13.5 Å². The van der Waals surface area contributed by atoms with Crippen LogP contribution in [0.3, 0.4) is 0 Å². The molecule has 1 aromatic heterocycles. The van der Waals surface area contributed by atoms with Crippen LogP contribution >= 0.6 is 0 Å². The molecular weight excluding hydrogens is 246 g/mol. The predicted octanol–water partition coefficient (Wildman–Crippen LogP) is -0.429. The first kappa shape index (κ1) is 12.5. The maximum absolute atomic E-state index is 11.3. The highest BCUT2D eigenvalue weighted by atomic mass is 32.2. The lowest BCUT2D eigenvalue weighted by Gasteiger charge is -2.03. The minimum atomic E-state index is -3.23. The molecule has 2 unspecified atom stereocenters. The molecule has 3 atom stereocenters. The average molecular weight is 261 g/mol. The van der Waals surface area contributed by atoms with Gasteiger partial charge in [0.25, 0.3) is 0 Å². The third-order valence-corrected chi connectivity index (χ3v) is 4.36. The van der Waals surface area contributed by atoms with Gasteiger partial charge < -0.3 is 14.9 Å². The number of hydrogen-bond acceptors (Lipinski definition) is 7. The fourth-order valence-corrected chi connectivity index (χ4v) is 2.13. The number of nitrogens with one attached hydrogen (secondary N) is 1. The summed E-state index contributed by atoms with van der Waals surface area (Å²) in [5.74, 6) is 0.484. The van der Waals surface area contributed by atoms with Crippen molar-refractivity contribution in [3.8, 4) is 0 Å². The first-order valence-corrected chi connectivity index (χ1v) is 7.27. The summed E-state index contributed by atoms with van der Waals surface area (Å²) in [6.45, 7) is 1.99. The van der Waals surface area contributed by atoms with Gasteiger partial charge in [-0.3, -0.25) is 0 Å². The van der Waals surface area contributed by atoms with Crippen LogP contribution in [-0.4, -0.2) is 42.6 Å². The number of aliphatic hydroxyl groups is 1. The lowest BCUT2D eigenvalue weighted by atomic mass is 10.2. The Morgan fingerprint density at radius 1 is 1.59 bits per heavy atom. The molecule has 1 saturated heterocycles. The van der Waals surface area contributed by atoms with Crippen molar-refractivity contribution in [1.29, 1.82) is 0 Å². The fraction of sp³-hybridized carbons (Fsp3) is 0.778. The van der Waals surface area contributed by atoms with Crippen molar-refractivity contribution in [2.24, 2.45) is 0 Å². The molecule has 2 rings (SSSR count). The summed E-state index contributed by atoms with van der Waals surface area (Å²) >= 11 is 0. The Bertz CT molecular complexity index is 498. The van der Waals surface area contributed by atoms with Crippen LogP contribution in [0.2, 0.25) is 0 Å². The highest BCUT2D eigenvalue weighted by molar-refractivity contribution is 7.90. The van der Waals surface area contributed by atoms with Gasteiger partial charge in [0.05, 0.1) is 12.1 Å². The van der Waals surface area contributed by atoms with Crippen LogP contribution in [0.15, 0.2) is 4.52 Å². The monoisotopic (exact) mass is 261 g/mol. The second kappa shape index (κ2) is 4.35. The topological polar surface area (TPSA) is 105 Å². The summed E-state index contributed by atoms with van der Waals surface area (Å²) in [6.07, 6.45) is 1.20. The summed E-state index contributed by atoms with van der Waals surface area (Å²) in [4.78, 5) is 4.06. The zero-order chi connectivity index (χ0) is 12.6. The van der Waals surface area contributed by atoms with E-state index in [1.807, 2.05) is 0 Å². The van der Waals surface area contributed by atoms with Crippen molar-refractivity contribution < 1.29 is 18.0 Å². The first-order chi connectivity index (χ1) is 7.88. The number of sulfone groups is 1. The molecule has 2 heterocycles. The number of aromatic nitrogens is 2. The average Bonchev–Trinajstić information content (AvgIpc) is 2.83. The van der Waals surface area contributed by atoms with Gasteiger partial charge in [-0.05, 0) is 13.3 Å². The molecule has 1 fully saturated rings. The summed E-state index contributed by atoms with van der Waals surface area (Å²) in [7, 11) is -3.23. The first-order valence-electron chi connectivity index (χ1n) is 5.31. The molecule has 1 aromatic rings. The van der Waals surface area contributed by atoms with Gasteiger partial charge >= 0.3 is 0 Å². The maximum atomic E-state index is 11.3. The van der Waals surface area contributed by atoms with E-state index in [1.54, 1.807) is 0 Å². The molecule has 0 aliphatic carbocycles. The Balaban J connectivity index is 2.16. The van der Waals surface area contributed by atoms with E-state index in [-0.39, 0.29) is 11.9 Å². The third kappa shape index (κ3) is 2.64. The minimum absolute atomic E-state index is 0.158. The predicted molar refractivity (Wildman–Crippen MR) is 58.9 cm³/mol. The van der Waals surface area contributed by atoms with E-state index >= 15 is 0 Å². The fourth-order valence-electron chi connectivity index (χ4n) is 1.65. The SMILES string of the molecule is CC(c1noc([C@@H]2CC(O)CN2)n1)S(C)(=O)=O. The molecule has 7 nitrogen and oxygen atoms in total. The molecule has 0 bridgehead atoms. The zero-order valence-electron chi connectivity index (χ0n) is 9.62. The van der Waals surface area contributed by atoms with Crippen LogP contribution in [0.4, 0.5) is 0 Å². The largest absolute Gasteiger partial charge is 0.392 e. The summed E-state index contributed by atoms with van der Waals surface area (Å²) < 4.78 is 27.7. The van der Waals surface area contributed by atoms with E-state index in [0.717, 1.165) is 6.26 Å². The van der Waals surface area contributed by atoms with Crippen LogP contribution in [0, 0.1) is 0 Å². The molecule has 0 radical (unpaired) electrons. The van der Waals surface area contributed by atoms with Gasteiger partial charge in [0.1, 0.15) is 5.25 Å². The normalized spacial score (nSPS) is 27.2. The van der Waals surface area contributed by atoms with Crippen molar-refractivity contribution >= 4 is 9.84 Å². The molecular formula is C9H15N3O4S. The highest BCUT2D eigenvalue weighted by Crippen LogP contribution is 2.24. The Kier molecular flexibility index (Phi) is 3.19. The minimum Gasteiger partial charge on any atom is -0.392 e. The number of β-amino-alcohol motifs (C(OH)–C–C–N with tert-alkyl or cyclic N) is 1. The lowest BCUT2D eigenvalue weighted by Crippen LogP contribution is -2.15. The molecule has 1 aliphatic rings. The van der Waals surface area contributed by atoms with E-state index in [1.165, 1.54) is 6.92 Å².